The fraction of sp³-hybridized carbons (Fsp3) is 0.211. The summed E-state index contributed by atoms with van der Waals surface area (Å²) in [5.74, 6) is -0.425. The van der Waals surface area contributed by atoms with Gasteiger partial charge in [0.2, 0.25) is 5.91 Å². The predicted molar refractivity (Wildman–Crippen MR) is 99.0 cm³/mol. The quantitative estimate of drug-likeness (QED) is 0.511. The number of hydrogen-bond acceptors (Lipinski definition) is 6. The third kappa shape index (κ3) is 2.82. The number of carbonyl (C=O) groups is 1. The first kappa shape index (κ1) is 17.4. The van der Waals surface area contributed by atoms with Gasteiger partial charge in [0.1, 0.15) is 0 Å². The number of amides is 1. The van der Waals surface area contributed by atoms with Gasteiger partial charge in [0.25, 0.3) is 17.0 Å². The molecule has 0 saturated carbocycles. The molecule has 1 aliphatic rings. The lowest BCUT2D eigenvalue weighted by molar-refractivity contribution is -0.764. The molecule has 3 heterocycles. The lowest BCUT2D eigenvalue weighted by atomic mass is 10.0. The van der Waals surface area contributed by atoms with Gasteiger partial charge in [-0.2, -0.15) is 0 Å². The Morgan fingerprint density at radius 2 is 2.11 bits per heavy atom. The Bertz CT molecular complexity index is 1010. The molecule has 7 nitrogen and oxygen atoms in total. The Kier molecular flexibility index (Phi) is 4.49. The molecule has 136 valence electrons. The highest BCUT2D eigenvalue weighted by Crippen LogP contribution is 2.40. The van der Waals surface area contributed by atoms with Gasteiger partial charge in [-0.1, -0.05) is 35.5 Å². The maximum atomic E-state index is 12.9. The molecule has 0 radical (unpaired) electrons. The van der Waals surface area contributed by atoms with Crippen molar-refractivity contribution in [1.29, 1.82) is 0 Å². The molecular weight excluding hydrogens is 362 g/mol. The van der Waals surface area contributed by atoms with Crippen LogP contribution in [0.2, 0.25) is 0 Å². The SMILES string of the molecule is CCC(=O)N1c2ccccc2-c2c([O-])nc(SC)n[n+]2C1c1cccnc1. The van der Waals surface area contributed by atoms with Gasteiger partial charge in [0.15, 0.2) is 0 Å². The number of pyridine rings is 1. The van der Waals surface area contributed by atoms with Crippen molar-refractivity contribution in [2.75, 3.05) is 11.2 Å². The molecule has 1 unspecified atom stereocenters. The van der Waals surface area contributed by atoms with Gasteiger partial charge in [0.05, 0.1) is 22.7 Å². The van der Waals surface area contributed by atoms with Crippen LogP contribution >= 0.6 is 11.8 Å². The summed E-state index contributed by atoms with van der Waals surface area (Å²) in [5.41, 5.74) is 2.47. The summed E-state index contributed by atoms with van der Waals surface area (Å²) in [5, 5.41) is 17.7. The number of thioether (sulfide) groups is 1. The molecule has 8 heteroatoms. The molecule has 0 spiro atoms. The minimum absolute atomic E-state index is 0.0637. The van der Waals surface area contributed by atoms with E-state index in [2.05, 4.69) is 15.1 Å². The van der Waals surface area contributed by atoms with Crippen molar-refractivity contribution < 1.29 is 14.6 Å². The third-order valence-electron chi connectivity index (χ3n) is 4.45. The summed E-state index contributed by atoms with van der Waals surface area (Å²) < 4.78 is 1.61. The molecule has 1 aliphatic heterocycles. The Labute approximate surface area is 160 Å². The van der Waals surface area contributed by atoms with Crippen LogP contribution in [0.4, 0.5) is 5.69 Å². The number of nitrogens with zero attached hydrogens (tertiary/aromatic N) is 5. The maximum Gasteiger partial charge on any atom is 0.294 e. The second kappa shape index (κ2) is 6.96. The summed E-state index contributed by atoms with van der Waals surface area (Å²) in [7, 11) is 0. The zero-order valence-electron chi connectivity index (χ0n) is 14.9. The van der Waals surface area contributed by atoms with E-state index in [4.69, 9.17) is 0 Å². The molecule has 1 aromatic carbocycles. The Hall–Kier alpha value is -3.00. The Morgan fingerprint density at radius 3 is 2.81 bits per heavy atom. The molecular formula is C19H17N5O2S. The first-order chi connectivity index (χ1) is 13.2. The number of rotatable bonds is 3. The zero-order chi connectivity index (χ0) is 19.0. The van der Waals surface area contributed by atoms with Crippen LogP contribution in [0.5, 0.6) is 5.88 Å². The zero-order valence-corrected chi connectivity index (χ0v) is 15.7. The minimum atomic E-state index is -0.599. The van der Waals surface area contributed by atoms with Crippen LogP contribution < -0.4 is 14.7 Å². The van der Waals surface area contributed by atoms with Crippen LogP contribution in [0.15, 0.2) is 53.9 Å². The van der Waals surface area contributed by atoms with E-state index in [-0.39, 0.29) is 11.8 Å². The fourth-order valence-corrected chi connectivity index (χ4v) is 3.63. The summed E-state index contributed by atoms with van der Waals surface area (Å²) in [4.78, 5) is 22.9. The van der Waals surface area contributed by atoms with Gasteiger partial charge < -0.3 is 5.11 Å². The number of aromatic nitrogens is 4. The van der Waals surface area contributed by atoms with Crippen LogP contribution in [0.1, 0.15) is 25.1 Å². The normalized spacial score (nSPS) is 15.2. The number of benzene rings is 1. The largest absolute Gasteiger partial charge is 0.854 e. The molecule has 1 atom stereocenters. The molecule has 27 heavy (non-hydrogen) atoms. The molecule has 0 fully saturated rings. The second-order valence-electron chi connectivity index (χ2n) is 5.99. The molecule has 4 rings (SSSR count). The van der Waals surface area contributed by atoms with E-state index in [0.717, 1.165) is 5.56 Å². The van der Waals surface area contributed by atoms with Crippen LogP contribution in [0.3, 0.4) is 0 Å². The standard InChI is InChI=1S/C19H17N5O2S/c1-3-15(25)23-14-9-5-4-8-13(14)16-17(26)21-19(27-2)22-24(16)18(23)12-7-6-10-20-11-12/h4-11,18H,3H2,1-2H3. The topological polar surface area (TPSA) is 85.9 Å². The van der Waals surface area contributed by atoms with Crippen molar-refractivity contribution in [2.45, 2.75) is 24.7 Å². The summed E-state index contributed by atoms with van der Waals surface area (Å²) in [6.07, 6.45) is 4.90. The number of hydrogen-bond donors (Lipinski definition) is 0. The highest BCUT2D eigenvalue weighted by atomic mass is 32.2. The smallest absolute Gasteiger partial charge is 0.294 e. The average Bonchev–Trinajstić information content (AvgIpc) is 2.72. The Morgan fingerprint density at radius 1 is 1.30 bits per heavy atom. The summed E-state index contributed by atoms with van der Waals surface area (Å²) in [6.45, 7) is 1.82. The predicted octanol–water partition coefficient (Wildman–Crippen LogP) is 1.93. The van der Waals surface area contributed by atoms with Gasteiger partial charge in [-0.15, -0.1) is 0 Å². The van der Waals surface area contributed by atoms with Crippen LogP contribution in [-0.4, -0.2) is 27.2 Å². The molecule has 0 saturated heterocycles. The Balaban J connectivity index is 2.07. The number of carbonyl (C=O) groups excluding carboxylic acids is 1. The molecule has 3 aromatic rings. The van der Waals surface area contributed by atoms with Crippen molar-refractivity contribution in [3.05, 3.63) is 54.4 Å². The summed E-state index contributed by atoms with van der Waals surface area (Å²) in [6, 6.07) is 11.0. The third-order valence-corrected chi connectivity index (χ3v) is 4.99. The van der Waals surface area contributed by atoms with Crippen molar-refractivity contribution in [3.63, 3.8) is 0 Å². The van der Waals surface area contributed by atoms with Gasteiger partial charge in [0, 0.05) is 23.9 Å². The first-order valence-corrected chi connectivity index (χ1v) is 9.74. The highest BCUT2D eigenvalue weighted by Gasteiger charge is 2.44. The second-order valence-corrected chi connectivity index (χ2v) is 6.76. The number of para-hydroxylation sites is 1. The van der Waals surface area contributed by atoms with Gasteiger partial charge in [-0.25, -0.2) is 9.88 Å². The highest BCUT2D eigenvalue weighted by molar-refractivity contribution is 7.98. The van der Waals surface area contributed by atoms with Gasteiger partial charge in [-0.05, 0) is 30.5 Å². The van der Waals surface area contributed by atoms with Crippen molar-refractivity contribution in [2.24, 2.45) is 0 Å². The lowest BCUT2D eigenvalue weighted by Gasteiger charge is -2.33. The van der Waals surface area contributed by atoms with Gasteiger partial charge in [-0.3, -0.25) is 9.78 Å². The molecule has 0 bridgehead atoms. The van der Waals surface area contributed by atoms with E-state index < -0.39 is 6.17 Å². The maximum absolute atomic E-state index is 12.9. The average molecular weight is 379 g/mol. The number of fused-ring (bicyclic) bond motifs is 3. The monoisotopic (exact) mass is 379 g/mol. The van der Waals surface area contributed by atoms with Crippen LogP contribution in [0, 0.1) is 0 Å². The van der Waals surface area contributed by atoms with Crippen LogP contribution in [-0.2, 0) is 4.79 Å². The fourth-order valence-electron chi connectivity index (χ4n) is 3.29. The molecule has 0 N–H and O–H groups in total. The van der Waals surface area contributed by atoms with E-state index >= 15 is 0 Å². The molecule has 1 amide bonds. The van der Waals surface area contributed by atoms with Crippen molar-refractivity contribution in [3.8, 4) is 17.1 Å². The summed E-state index contributed by atoms with van der Waals surface area (Å²) >= 11 is 1.29. The van der Waals surface area contributed by atoms with Crippen molar-refractivity contribution in [1.82, 2.24) is 15.1 Å². The molecule has 2 aromatic heterocycles. The van der Waals surface area contributed by atoms with E-state index in [1.807, 2.05) is 43.5 Å². The minimum Gasteiger partial charge on any atom is -0.854 e. The van der Waals surface area contributed by atoms with E-state index in [1.54, 1.807) is 28.0 Å². The lowest BCUT2D eigenvalue weighted by Crippen LogP contribution is -2.59. The van der Waals surface area contributed by atoms with E-state index in [1.165, 1.54) is 11.8 Å². The van der Waals surface area contributed by atoms with E-state index in [0.29, 0.717) is 28.5 Å². The molecule has 0 aliphatic carbocycles. The first-order valence-electron chi connectivity index (χ1n) is 8.52. The van der Waals surface area contributed by atoms with Crippen molar-refractivity contribution >= 4 is 23.4 Å². The van der Waals surface area contributed by atoms with E-state index in [9.17, 15) is 9.90 Å². The number of anilines is 1. The van der Waals surface area contributed by atoms with Crippen LogP contribution in [0.25, 0.3) is 11.3 Å². The van der Waals surface area contributed by atoms with Gasteiger partial charge >= 0.3 is 0 Å².